The average molecular weight is 540 g/mol. The molecule has 7 nitrogen and oxygen atoms in total. The van der Waals surface area contributed by atoms with Crippen molar-refractivity contribution in [2.75, 3.05) is 26.2 Å². The van der Waals surface area contributed by atoms with E-state index in [4.69, 9.17) is 0 Å². The third-order valence-electron chi connectivity index (χ3n) is 8.37. The number of amides is 3. The number of fused-ring (bicyclic) bond motifs is 1. The summed E-state index contributed by atoms with van der Waals surface area (Å²) in [6, 6.07) is 9.07. The first-order valence-electron chi connectivity index (χ1n) is 13.5. The quantitative estimate of drug-likeness (QED) is 0.462. The zero-order valence-corrected chi connectivity index (χ0v) is 23.8. The topological polar surface area (TPSA) is 81.2 Å². The number of thioether (sulfide) groups is 1. The number of likely N-dealkylation sites (tertiary alicyclic amines) is 1. The van der Waals surface area contributed by atoms with Crippen LogP contribution in [0.5, 0.6) is 0 Å². The molecule has 3 unspecified atom stereocenters. The van der Waals surface area contributed by atoms with Gasteiger partial charge in [0.2, 0.25) is 17.7 Å². The summed E-state index contributed by atoms with van der Waals surface area (Å²) >= 11 is 1.66. The maximum Gasteiger partial charge on any atom is 0.247 e. The standard InChI is InChI=1S/C30H41N3O4S/c1-7-14-31(19-21-12-10-9-11-13-21)26(35)23-22-18-20(3)30(38-22)24(23)27(36)32(16-17-34)25(30)28(37)33(15-8-2)29(4,5)6/h7-13,20,22-25,34H,1-2,14-19H2,3-6H3/t20?,22-,23+,24-,25?,30?/m0/s1. The second-order valence-corrected chi connectivity index (χ2v) is 13.3. The molecule has 1 N–H and O–H groups in total. The summed E-state index contributed by atoms with van der Waals surface area (Å²) in [5, 5.41) is 9.87. The first-order chi connectivity index (χ1) is 18.0. The number of hydrogen-bond donors (Lipinski definition) is 1. The molecule has 0 aliphatic carbocycles. The molecule has 0 aromatic heterocycles. The van der Waals surface area contributed by atoms with E-state index in [1.165, 1.54) is 0 Å². The summed E-state index contributed by atoms with van der Waals surface area (Å²) in [5.41, 5.74) is 0.531. The van der Waals surface area contributed by atoms with E-state index in [1.807, 2.05) is 51.1 Å². The third-order valence-corrected chi connectivity index (χ3v) is 10.4. The SMILES string of the molecule is C=CCN(Cc1ccccc1)C(=O)[C@@H]1[C@@H]2CC(C)C3(S2)C(C(=O)N(CC=C)C(C)(C)C)N(CCO)C(=O)[C@H]13. The zero-order valence-electron chi connectivity index (χ0n) is 23.0. The summed E-state index contributed by atoms with van der Waals surface area (Å²) in [6.07, 6.45) is 4.19. The van der Waals surface area contributed by atoms with Crippen LogP contribution in [0.25, 0.3) is 0 Å². The minimum absolute atomic E-state index is 0.0383. The fourth-order valence-corrected chi connectivity index (χ4v) is 9.21. The smallest absolute Gasteiger partial charge is 0.247 e. The van der Waals surface area contributed by atoms with Gasteiger partial charge in [-0.2, -0.15) is 0 Å². The van der Waals surface area contributed by atoms with Gasteiger partial charge in [-0.25, -0.2) is 0 Å². The molecule has 206 valence electrons. The Morgan fingerprint density at radius 3 is 2.39 bits per heavy atom. The lowest BCUT2D eigenvalue weighted by molar-refractivity contribution is -0.146. The first-order valence-corrected chi connectivity index (χ1v) is 14.4. The fraction of sp³-hybridized carbons (Fsp3) is 0.567. The van der Waals surface area contributed by atoms with Crippen LogP contribution in [0.1, 0.15) is 39.7 Å². The van der Waals surface area contributed by atoms with Gasteiger partial charge in [-0.3, -0.25) is 14.4 Å². The molecule has 3 aliphatic rings. The van der Waals surface area contributed by atoms with Gasteiger partial charge >= 0.3 is 0 Å². The van der Waals surface area contributed by atoms with Crippen LogP contribution >= 0.6 is 11.8 Å². The molecule has 3 saturated heterocycles. The number of rotatable bonds is 10. The molecule has 4 rings (SSSR count). The lowest BCUT2D eigenvalue weighted by atomic mass is 9.65. The Bertz CT molecular complexity index is 1090. The molecule has 38 heavy (non-hydrogen) atoms. The maximum absolute atomic E-state index is 14.3. The number of nitrogens with zero attached hydrogens (tertiary/aromatic N) is 3. The Morgan fingerprint density at radius 2 is 1.82 bits per heavy atom. The predicted octanol–water partition coefficient (Wildman–Crippen LogP) is 3.34. The highest BCUT2D eigenvalue weighted by atomic mass is 32.2. The summed E-state index contributed by atoms with van der Waals surface area (Å²) < 4.78 is -0.717. The molecule has 0 radical (unpaired) electrons. The largest absolute Gasteiger partial charge is 0.395 e. The van der Waals surface area contributed by atoms with Crippen molar-refractivity contribution >= 4 is 29.5 Å². The van der Waals surface area contributed by atoms with Gasteiger partial charge in [0.25, 0.3) is 0 Å². The van der Waals surface area contributed by atoms with Crippen LogP contribution in [0.15, 0.2) is 55.6 Å². The number of aliphatic hydroxyl groups is 1. The van der Waals surface area contributed by atoms with E-state index in [9.17, 15) is 19.5 Å². The van der Waals surface area contributed by atoms with Crippen LogP contribution in [0.2, 0.25) is 0 Å². The predicted molar refractivity (Wildman–Crippen MR) is 151 cm³/mol. The number of aliphatic hydroxyl groups excluding tert-OH is 1. The lowest BCUT2D eigenvalue weighted by Gasteiger charge is -2.44. The van der Waals surface area contributed by atoms with Crippen molar-refractivity contribution in [3.63, 3.8) is 0 Å². The van der Waals surface area contributed by atoms with Gasteiger partial charge < -0.3 is 19.8 Å². The minimum atomic E-state index is -0.740. The van der Waals surface area contributed by atoms with Gasteiger partial charge in [0.1, 0.15) is 6.04 Å². The van der Waals surface area contributed by atoms with Crippen LogP contribution in [-0.4, -0.2) is 85.3 Å². The van der Waals surface area contributed by atoms with Crippen molar-refractivity contribution in [1.82, 2.24) is 14.7 Å². The molecule has 6 atom stereocenters. The van der Waals surface area contributed by atoms with E-state index in [0.717, 1.165) is 12.0 Å². The first kappa shape index (κ1) is 28.4. The maximum atomic E-state index is 14.3. The molecule has 8 heteroatoms. The molecule has 3 aliphatic heterocycles. The van der Waals surface area contributed by atoms with Crippen LogP contribution in [0, 0.1) is 17.8 Å². The van der Waals surface area contributed by atoms with E-state index in [0.29, 0.717) is 19.6 Å². The summed E-state index contributed by atoms with van der Waals surface area (Å²) in [7, 11) is 0. The van der Waals surface area contributed by atoms with Gasteiger partial charge in [0.05, 0.1) is 23.2 Å². The van der Waals surface area contributed by atoms with Crippen molar-refractivity contribution in [2.24, 2.45) is 17.8 Å². The number of carbonyl (C=O) groups excluding carboxylic acids is 3. The molecular weight excluding hydrogens is 498 g/mol. The molecule has 1 aromatic rings. The van der Waals surface area contributed by atoms with Gasteiger partial charge in [0, 0.05) is 37.0 Å². The second kappa shape index (κ2) is 10.9. The molecular formula is C30H41N3O4S. The van der Waals surface area contributed by atoms with E-state index in [1.54, 1.807) is 38.6 Å². The van der Waals surface area contributed by atoms with Crippen molar-refractivity contribution in [1.29, 1.82) is 0 Å². The Hall–Kier alpha value is -2.58. The van der Waals surface area contributed by atoms with Crippen molar-refractivity contribution in [2.45, 2.75) is 62.2 Å². The molecule has 0 saturated carbocycles. The van der Waals surface area contributed by atoms with Crippen LogP contribution in [0.3, 0.4) is 0 Å². The molecule has 3 heterocycles. The number of benzene rings is 1. The summed E-state index contributed by atoms with van der Waals surface area (Å²) in [6.45, 7) is 16.7. The molecule has 1 spiro atoms. The highest BCUT2D eigenvalue weighted by molar-refractivity contribution is 8.02. The number of carbonyl (C=O) groups is 3. The monoisotopic (exact) mass is 539 g/mol. The van der Waals surface area contributed by atoms with E-state index in [-0.39, 0.29) is 42.0 Å². The molecule has 1 aromatic carbocycles. The van der Waals surface area contributed by atoms with Crippen molar-refractivity contribution < 1.29 is 19.5 Å². The van der Waals surface area contributed by atoms with Gasteiger partial charge in [-0.1, -0.05) is 49.4 Å². The Balaban J connectivity index is 1.75. The number of β-amino-alcohol motifs (C(OH)–C–C–N with tert-alkyl or cyclic N) is 1. The Morgan fingerprint density at radius 1 is 1.16 bits per heavy atom. The van der Waals surface area contributed by atoms with Crippen LogP contribution < -0.4 is 0 Å². The lowest BCUT2D eigenvalue weighted by Crippen LogP contribution is -2.60. The highest BCUT2D eigenvalue weighted by Crippen LogP contribution is 2.69. The van der Waals surface area contributed by atoms with Crippen LogP contribution in [-0.2, 0) is 20.9 Å². The van der Waals surface area contributed by atoms with E-state index >= 15 is 0 Å². The molecule has 3 amide bonds. The highest BCUT2D eigenvalue weighted by Gasteiger charge is 2.76. The summed E-state index contributed by atoms with van der Waals surface area (Å²) in [4.78, 5) is 47.8. The van der Waals surface area contributed by atoms with Gasteiger partial charge in [-0.05, 0) is 38.7 Å². The average Bonchev–Trinajstić information content (AvgIpc) is 3.45. The minimum Gasteiger partial charge on any atom is -0.395 e. The number of hydrogen-bond acceptors (Lipinski definition) is 5. The van der Waals surface area contributed by atoms with Crippen molar-refractivity contribution in [3.8, 4) is 0 Å². The van der Waals surface area contributed by atoms with E-state index in [2.05, 4.69) is 20.1 Å². The normalized spacial score (nSPS) is 29.8. The van der Waals surface area contributed by atoms with Gasteiger partial charge in [0.15, 0.2) is 0 Å². The second-order valence-electron chi connectivity index (χ2n) is 11.7. The van der Waals surface area contributed by atoms with E-state index < -0.39 is 28.2 Å². The Labute approximate surface area is 230 Å². The van der Waals surface area contributed by atoms with Gasteiger partial charge in [-0.15, -0.1) is 24.9 Å². The fourth-order valence-electron chi connectivity index (χ4n) is 6.80. The van der Waals surface area contributed by atoms with Crippen LogP contribution in [0.4, 0.5) is 0 Å². The summed E-state index contributed by atoms with van der Waals surface area (Å²) in [5.74, 6) is -1.45. The zero-order chi connectivity index (χ0) is 27.8. The molecule has 2 bridgehead atoms. The molecule has 3 fully saturated rings. The third kappa shape index (κ3) is 4.60. The Kier molecular flexibility index (Phi) is 8.15. The van der Waals surface area contributed by atoms with Crippen molar-refractivity contribution in [3.05, 3.63) is 61.2 Å².